The smallest absolute Gasteiger partial charge is 0.227 e. The number of nitrogens with zero attached hydrogens (tertiary/aromatic N) is 1. The molecule has 1 amide bonds. The molecule has 0 fully saturated rings. The normalized spacial score (nSPS) is 12.0. The first kappa shape index (κ1) is 18.3. The molecule has 24 heavy (non-hydrogen) atoms. The van der Waals surface area contributed by atoms with Crippen LogP contribution in [0.2, 0.25) is 5.02 Å². The van der Waals surface area contributed by atoms with Gasteiger partial charge in [0.2, 0.25) is 5.91 Å². The van der Waals surface area contributed by atoms with Gasteiger partial charge in [-0.1, -0.05) is 54.9 Å². The first-order chi connectivity index (χ1) is 11.5. The number of phenols is 1. The van der Waals surface area contributed by atoms with E-state index in [1.54, 1.807) is 17.0 Å². The Morgan fingerprint density at radius 3 is 2.50 bits per heavy atom. The number of carbonyl (C=O) groups excluding carboxylic acids is 1. The fourth-order valence-corrected chi connectivity index (χ4v) is 2.64. The molecule has 0 unspecified atom stereocenters. The van der Waals surface area contributed by atoms with Gasteiger partial charge < -0.3 is 15.1 Å². The van der Waals surface area contributed by atoms with Gasteiger partial charge >= 0.3 is 0 Å². The number of phenolic OH excluding ortho intramolecular Hbond substituents is 1. The SMILES string of the molecule is C[C@H](CO)CN(Cc1ccccc1)C(=O)Cc1ccc(O)c(Cl)c1. The molecule has 0 saturated carbocycles. The quantitative estimate of drug-likeness (QED) is 0.808. The van der Waals surface area contributed by atoms with Crippen LogP contribution in [0.1, 0.15) is 18.1 Å². The van der Waals surface area contributed by atoms with Crippen molar-refractivity contribution in [3.8, 4) is 5.75 Å². The Balaban J connectivity index is 2.12. The van der Waals surface area contributed by atoms with E-state index in [9.17, 15) is 15.0 Å². The van der Waals surface area contributed by atoms with Crippen LogP contribution in [0, 0.1) is 5.92 Å². The van der Waals surface area contributed by atoms with Crippen molar-refractivity contribution in [2.45, 2.75) is 19.9 Å². The Bertz CT molecular complexity index is 676. The third-order valence-electron chi connectivity index (χ3n) is 3.78. The molecule has 0 saturated heterocycles. The summed E-state index contributed by atoms with van der Waals surface area (Å²) in [5.41, 5.74) is 1.79. The molecule has 128 valence electrons. The summed E-state index contributed by atoms with van der Waals surface area (Å²) in [5.74, 6) is -0.0371. The summed E-state index contributed by atoms with van der Waals surface area (Å²) in [5, 5.41) is 19.0. The highest BCUT2D eigenvalue weighted by molar-refractivity contribution is 6.32. The van der Waals surface area contributed by atoms with Gasteiger partial charge in [0, 0.05) is 19.7 Å². The molecule has 2 aromatic carbocycles. The molecule has 0 heterocycles. The van der Waals surface area contributed by atoms with Crippen molar-refractivity contribution in [3.05, 3.63) is 64.7 Å². The number of rotatable bonds is 7. The topological polar surface area (TPSA) is 60.8 Å². The van der Waals surface area contributed by atoms with Crippen LogP contribution in [0.15, 0.2) is 48.5 Å². The maximum atomic E-state index is 12.7. The molecule has 2 N–H and O–H groups in total. The van der Waals surface area contributed by atoms with Crippen molar-refractivity contribution >= 4 is 17.5 Å². The number of aliphatic hydroxyl groups excluding tert-OH is 1. The molecule has 5 heteroatoms. The Kier molecular flexibility index (Phi) is 6.64. The molecular formula is C19H22ClNO3. The third-order valence-corrected chi connectivity index (χ3v) is 4.08. The highest BCUT2D eigenvalue weighted by Crippen LogP contribution is 2.24. The van der Waals surface area contributed by atoms with Gasteiger partial charge in [-0.3, -0.25) is 4.79 Å². The number of hydrogen-bond donors (Lipinski definition) is 2. The summed E-state index contributed by atoms with van der Waals surface area (Å²) in [6.07, 6.45) is 0.199. The fourth-order valence-electron chi connectivity index (χ4n) is 2.44. The van der Waals surface area contributed by atoms with E-state index in [0.29, 0.717) is 13.1 Å². The predicted octanol–water partition coefficient (Wildman–Crippen LogP) is 3.25. The number of carbonyl (C=O) groups is 1. The number of aromatic hydroxyl groups is 1. The van der Waals surface area contributed by atoms with Crippen molar-refractivity contribution in [3.63, 3.8) is 0 Å². The number of aliphatic hydroxyl groups is 1. The summed E-state index contributed by atoms with van der Waals surface area (Å²) in [7, 11) is 0. The summed E-state index contributed by atoms with van der Waals surface area (Å²) < 4.78 is 0. The molecule has 0 aliphatic carbocycles. The van der Waals surface area contributed by atoms with Crippen LogP contribution in [0.5, 0.6) is 5.75 Å². The average molecular weight is 348 g/mol. The molecule has 0 bridgehead atoms. The molecule has 1 atom stereocenters. The Labute approximate surface area is 147 Å². The van der Waals surface area contributed by atoms with E-state index in [2.05, 4.69) is 0 Å². The highest BCUT2D eigenvalue weighted by Gasteiger charge is 2.17. The van der Waals surface area contributed by atoms with E-state index in [1.807, 2.05) is 37.3 Å². The molecule has 0 aliphatic rings. The molecule has 0 aromatic heterocycles. The van der Waals surface area contributed by atoms with E-state index in [0.717, 1.165) is 11.1 Å². The molecule has 0 aliphatic heterocycles. The van der Waals surface area contributed by atoms with Crippen molar-refractivity contribution in [1.82, 2.24) is 4.90 Å². The van der Waals surface area contributed by atoms with Crippen molar-refractivity contribution in [2.24, 2.45) is 5.92 Å². The Hall–Kier alpha value is -2.04. The number of halogens is 1. The second-order valence-corrected chi connectivity index (χ2v) is 6.42. The first-order valence-electron chi connectivity index (χ1n) is 7.89. The van der Waals surface area contributed by atoms with Gasteiger partial charge in [-0.25, -0.2) is 0 Å². The highest BCUT2D eigenvalue weighted by atomic mass is 35.5. The van der Waals surface area contributed by atoms with Crippen LogP contribution in [0.25, 0.3) is 0 Å². The average Bonchev–Trinajstić information content (AvgIpc) is 2.58. The monoisotopic (exact) mass is 347 g/mol. The van der Waals surface area contributed by atoms with E-state index in [1.165, 1.54) is 6.07 Å². The summed E-state index contributed by atoms with van der Waals surface area (Å²) in [4.78, 5) is 14.5. The lowest BCUT2D eigenvalue weighted by molar-refractivity contribution is -0.131. The van der Waals surface area contributed by atoms with E-state index < -0.39 is 0 Å². The van der Waals surface area contributed by atoms with Gasteiger partial charge in [0.15, 0.2) is 0 Å². The first-order valence-corrected chi connectivity index (χ1v) is 8.27. The van der Waals surface area contributed by atoms with Crippen molar-refractivity contribution < 1.29 is 15.0 Å². The molecule has 0 spiro atoms. The number of benzene rings is 2. The molecule has 2 rings (SSSR count). The third kappa shape index (κ3) is 5.25. The molecule has 2 aromatic rings. The van der Waals surface area contributed by atoms with Gasteiger partial charge in [-0.05, 0) is 29.2 Å². The largest absolute Gasteiger partial charge is 0.506 e. The Morgan fingerprint density at radius 1 is 1.17 bits per heavy atom. The van der Waals surface area contributed by atoms with E-state index in [4.69, 9.17) is 11.6 Å². The second kappa shape index (κ2) is 8.71. The van der Waals surface area contributed by atoms with E-state index in [-0.39, 0.29) is 35.6 Å². The maximum Gasteiger partial charge on any atom is 0.227 e. The zero-order valence-electron chi connectivity index (χ0n) is 13.7. The van der Waals surface area contributed by atoms with Crippen LogP contribution in [-0.4, -0.2) is 34.2 Å². The zero-order chi connectivity index (χ0) is 17.5. The van der Waals surface area contributed by atoms with Crippen LogP contribution < -0.4 is 0 Å². The predicted molar refractivity (Wildman–Crippen MR) is 94.9 cm³/mol. The van der Waals surface area contributed by atoms with Gasteiger partial charge in [-0.15, -0.1) is 0 Å². The standard InChI is InChI=1S/C19H22ClNO3/c1-14(13-22)11-21(12-15-5-3-2-4-6-15)19(24)10-16-7-8-18(23)17(20)9-16/h2-9,14,22-23H,10-13H2,1H3/t14-/m0/s1. The Morgan fingerprint density at radius 2 is 1.88 bits per heavy atom. The minimum atomic E-state index is -0.0408. The minimum absolute atomic E-state index is 0.000989. The van der Waals surface area contributed by atoms with Crippen LogP contribution >= 0.6 is 11.6 Å². The van der Waals surface area contributed by atoms with Crippen LogP contribution in [0.3, 0.4) is 0 Å². The lowest BCUT2D eigenvalue weighted by Crippen LogP contribution is -2.36. The van der Waals surface area contributed by atoms with Gasteiger partial charge in [-0.2, -0.15) is 0 Å². The van der Waals surface area contributed by atoms with Crippen molar-refractivity contribution in [1.29, 1.82) is 0 Å². The van der Waals surface area contributed by atoms with Gasteiger partial charge in [0.05, 0.1) is 11.4 Å². The van der Waals surface area contributed by atoms with E-state index >= 15 is 0 Å². The zero-order valence-corrected chi connectivity index (χ0v) is 14.4. The summed E-state index contributed by atoms with van der Waals surface area (Å²) in [6, 6.07) is 14.5. The van der Waals surface area contributed by atoms with Gasteiger partial charge in [0.1, 0.15) is 5.75 Å². The minimum Gasteiger partial charge on any atom is -0.506 e. The number of amides is 1. The van der Waals surface area contributed by atoms with Gasteiger partial charge in [0.25, 0.3) is 0 Å². The second-order valence-electron chi connectivity index (χ2n) is 6.01. The molecule has 0 radical (unpaired) electrons. The van der Waals surface area contributed by atoms with Crippen LogP contribution in [-0.2, 0) is 17.8 Å². The molecular weight excluding hydrogens is 326 g/mol. The summed E-state index contributed by atoms with van der Waals surface area (Å²) in [6.45, 7) is 2.91. The maximum absolute atomic E-state index is 12.7. The molecule has 4 nitrogen and oxygen atoms in total. The number of hydrogen-bond acceptors (Lipinski definition) is 3. The fraction of sp³-hybridized carbons (Fsp3) is 0.316. The lowest BCUT2D eigenvalue weighted by Gasteiger charge is -2.25. The lowest BCUT2D eigenvalue weighted by atomic mass is 10.1. The van der Waals surface area contributed by atoms with Crippen molar-refractivity contribution in [2.75, 3.05) is 13.2 Å². The summed E-state index contributed by atoms with van der Waals surface area (Å²) >= 11 is 5.91. The van der Waals surface area contributed by atoms with Crippen LogP contribution in [0.4, 0.5) is 0 Å².